The number of Topliss-reactive ketones (excluding diaryl/α,β-unsaturated/α-hetero) is 2. The molecule has 0 aromatic heterocycles. The summed E-state index contributed by atoms with van der Waals surface area (Å²) in [5, 5.41) is 3.01. The van der Waals surface area contributed by atoms with Crippen LogP contribution < -0.4 is 24.4 Å². The fourth-order valence-electron chi connectivity index (χ4n) is 6.61. The Balaban J connectivity index is 1.65. The summed E-state index contributed by atoms with van der Waals surface area (Å²) >= 11 is 0. The van der Waals surface area contributed by atoms with Crippen molar-refractivity contribution in [1.29, 1.82) is 0 Å². The number of fused-ring (bicyclic) bond motifs is 6. The van der Waals surface area contributed by atoms with E-state index in [9.17, 15) is 14.4 Å². The van der Waals surface area contributed by atoms with Crippen molar-refractivity contribution in [2.75, 3.05) is 31.5 Å². The van der Waals surface area contributed by atoms with Crippen LogP contribution >= 0.6 is 0 Å². The largest absolute Gasteiger partial charge is 0.497 e. The Bertz CT molecular complexity index is 1560. The van der Waals surface area contributed by atoms with Crippen LogP contribution in [0.3, 0.4) is 0 Å². The topological polar surface area (TPSA) is 94.2 Å². The van der Waals surface area contributed by atoms with Gasteiger partial charge in [-0.1, -0.05) is 30.4 Å². The molecule has 3 aromatic rings. The zero-order chi connectivity index (χ0) is 27.5. The summed E-state index contributed by atoms with van der Waals surface area (Å²) in [5.41, 5.74) is 1.81. The molecule has 1 fully saturated rings. The second kappa shape index (κ2) is 9.01. The maximum atomic E-state index is 14.7. The van der Waals surface area contributed by atoms with Crippen LogP contribution in [0, 0.1) is 5.92 Å². The van der Waals surface area contributed by atoms with Crippen molar-refractivity contribution in [3.8, 4) is 17.2 Å². The molecule has 8 heteroatoms. The van der Waals surface area contributed by atoms with Crippen molar-refractivity contribution in [2.24, 2.45) is 5.92 Å². The molecule has 1 spiro atoms. The van der Waals surface area contributed by atoms with Crippen molar-refractivity contribution < 1.29 is 28.6 Å². The van der Waals surface area contributed by atoms with Crippen LogP contribution in [-0.2, 0) is 15.0 Å². The summed E-state index contributed by atoms with van der Waals surface area (Å²) in [5.74, 6) is -0.469. The average Bonchev–Trinajstić information content (AvgIpc) is 3.44. The number of anilines is 2. The molecular weight excluding hydrogens is 496 g/mol. The van der Waals surface area contributed by atoms with Gasteiger partial charge in [-0.3, -0.25) is 14.4 Å². The van der Waals surface area contributed by atoms with Crippen molar-refractivity contribution in [3.05, 3.63) is 83.4 Å². The molecule has 0 saturated carbocycles. The average molecular weight is 525 g/mol. The van der Waals surface area contributed by atoms with Crippen LogP contribution in [0.4, 0.5) is 11.4 Å². The third-order valence-electron chi connectivity index (χ3n) is 8.21. The van der Waals surface area contributed by atoms with Gasteiger partial charge in [0.25, 0.3) is 0 Å². The Morgan fingerprint density at radius 2 is 1.64 bits per heavy atom. The Morgan fingerprint density at radius 1 is 0.923 bits per heavy atom. The molecule has 1 amide bonds. The lowest BCUT2D eigenvalue weighted by molar-refractivity contribution is -0.122. The molecule has 3 aromatic carbocycles. The Kier molecular flexibility index (Phi) is 5.71. The smallest absolute Gasteiger partial charge is 0.238 e. The van der Waals surface area contributed by atoms with Gasteiger partial charge in [0.1, 0.15) is 22.7 Å². The molecule has 0 aliphatic carbocycles. The quantitative estimate of drug-likeness (QED) is 0.481. The Morgan fingerprint density at radius 3 is 2.36 bits per heavy atom. The van der Waals surface area contributed by atoms with E-state index in [4.69, 9.17) is 14.2 Å². The summed E-state index contributed by atoms with van der Waals surface area (Å²) < 4.78 is 16.4. The first-order valence-electron chi connectivity index (χ1n) is 12.7. The number of ether oxygens (including phenoxy) is 3. The number of para-hydroxylation sites is 1. The molecule has 1 saturated heterocycles. The first-order chi connectivity index (χ1) is 18.9. The lowest BCUT2D eigenvalue weighted by Gasteiger charge is -2.37. The standard InChI is InChI=1S/C31H28N2O6/c1-17(34)28-27(29(35)21-16-20(38-3)11-13-25(21)39-4)31(22-7-5-6-8-23(22)32-30(31)36)26-14-9-18-15-19(37-2)10-12-24(18)33(26)28/h5-16,26-28H,1-4H3,(H,32,36)/t26-,27+,28-,31-/m1/s1. The van der Waals surface area contributed by atoms with Crippen LogP contribution in [0.25, 0.3) is 6.08 Å². The van der Waals surface area contributed by atoms with Crippen LogP contribution in [0.15, 0.2) is 66.7 Å². The molecule has 3 aliphatic rings. The molecular formula is C31H28N2O6. The molecule has 3 aliphatic heterocycles. The van der Waals surface area contributed by atoms with Gasteiger partial charge in [-0.2, -0.15) is 0 Å². The van der Waals surface area contributed by atoms with E-state index in [2.05, 4.69) is 5.32 Å². The van der Waals surface area contributed by atoms with E-state index in [0.717, 1.165) is 11.3 Å². The van der Waals surface area contributed by atoms with Gasteiger partial charge in [0.05, 0.1) is 44.9 Å². The fraction of sp³-hybridized carbons (Fsp3) is 0.258. The van der Waals surface area contributed by atoms with E-state index in [1.807, 2.05) is 59.5 Å². The maximum Gasteiger partial charge on any atom is 0.238 e. The number of hydrogen-bond acceptors (Lipinski definition) is 7. The van der Waals surface area contributed by atoms with Crippen molar-refractivity contribution in [3.63, 3.8) is 0 Å². The van der Waals surface area contributed by atoms with Crippen molar-refractivity contribution >= 4 is 34.9 Å². The van der Waals surface area contributed by atoms with Crippen LogP contribution in [0.5, 0.6) is 17.2 Å². The van der Waals surface area contributed by atoms with E-state index < -0.39 is 23.4 Å². The molecule has 0 radical (unpaired) electrons. The number of methoxy groups -OCH3 is 3. The lowest BCUT2D eigenvalue weighted by atomic mass is 9.64. The van der Waals surface area contributed by atoms with Gasteiger partial charge in [-0.15, -0.1) is 0 Å². The number of benzene rings is 3. The normalized spacial score (nSPS) is 24.1. The van der Waals surface area contributed by atoms with Gasteiger partial charge in [0, 0.05) is 16.9 Å². The summed E-state index contributed by atoms with van der Waals surface area (Å²) in [6.07, 6.45) is 3.86. The summed E-state index contributed by atoms with van der Waals surface area (Å²) in [7, 11) is 4.59. The molecule has 39 heavy (non-hydrogen) atoms. The van der Waals surface area contributed by atoms with Crippen LogP contribution in [-0.4, -0.2) is 50.9 Å². The third kappa shape index (κ3) is 3.34. The molecule has 0 bridgehead atoms. The third-order valence-corrected chi connectivity index (χ3v) is 8.21. The van der Waals surface area contributed by atoms with Crippen LogP contribution in [0.2, 0.25) is 0 Å². The first-order valence-corrected chi connectivity index (χ1v) is 12.7. The van der Waals surface area contributed by atoms with Gasteiger partial charge in [-0.05, 0) is 55.0 Å². The zero-order valence-electron chi connectivity index (χ0n) is 22.1. The van der Waals surface area contributed by atoms with Crippen molar-refractivity contribution in [1.82, 2.24) is 0 Å². The zero-order valence-corrected chi connectivity index (χ0v) is 22.1. The summed E-state index contributed by atoms with van der Waals surface area (Å²) in [4.78, 5) is 44.5. The Hall–Kier alpha value is -4.59. The number of rotatable bonds is 6. The predicted molar refractivity (Wildman–Crippen MR) is 147 cm³/mol. The van der Waals surface area contributed by atoms with Crippen LogP contribution in [0.1, 0.15) is 28.4 Å². The molecule has 8 nitrogen and oxygen atoms in total. The number of hydrogen-bond donors (Lipinski definition) is 1. The van der Waals surface area contributed by atoms with Gasteiger partial charge in [0.15, 0.2) is 11.6 Å². The minimum Gasteiger partial charge on any atom is -0.497 e. The molecule has 1 N–H and O–H groups in total. The molecule has 4 atom stereocenters. The highest BCUT2D eigenvalue weighted by atomic mass is 16.5. The van der Waals surface area contributed by atoms with E-state index in [1.54, 1.807) is 25.3 Å². The lowest BCUT2D eigenvalue weighted by Crippen LogP contribution is -2.51. The minimum absolute atomic E-state index is 0.216. The molecule has 3 heterocycles. The molecule has 0 unspecified atom stereocenters. The van der Waals surface area contributed by atoms with Gasteiger partial charge in [-0.25, -0.2) is 0 Å². The first kappa shape index (κ1) is 24.7. The Labute approximate surface area is 226 Å². The number of nitrogens with zero attached hydrogens (tertiary/aromatic N) is 1. The monoisotopic (exact) mass is 524 g/mol. The number of carbonyl (C=O) groups is 3. The molecule has 198 valence electrons. The second-order valence-corrected chi connectivity index (χ2v) is 9.97. The maximum absolute atomic E-state index is 14.7. The predicted octanol–water partition coefficient (Wildman–Crippen LogP) is 4.27. The number of nitrogens with one attached hydrogen (secondary N) is 1. The summed E-state index contributed by atoms with van der Waals surface area (Å²) in [6, 6.07) is 16.4. The van der Waals surface area contributed by atoms with Gasteiger partial charge in [0.2, 0.25) is 5.91 Å². The highest BCUT2D eigenvalue weighted by molar-refractivity contribution is 6.17. The number of ketones is 2. The van der Waals surface area contributed by atoms with Gasteiger partial charge >= 0.3 is 0 Å². The van der Waals surface area contributed by atoms with Gasteiger partial charge < -0.3 is 24.4 Å². The van der Waals surface area contributed by atoms with E-state index in [0.29, 0.717) is 28.5 Å². The number of amides is 1. The second-order valence-electron chi connectivity index (χ2n) is 9.97. The highest BCUT2D eigenvalue weighted by Crippen LogP contribution is 2.58. The highest BCUT2D eigenvalue weighted by Gasteiger charge is 2.70. The molecule has 6 rings (SSSR count). The fourth-order valence-corrected chi connectivity index (χ4v) is 6.61. The van der Waals surface area contributed by atoms with E-state index in [-0.39, 0.29) is 23.0 Å². The summed E-state index contributed by atoms with van der Waals surface area (Å²) in [6.45, 7) is 1.48. The SMILES string of the molecule is COc1ccc2c(c1)C=C[C@H]1N2[C@H](C(C)=O)[C@@H](C(=O)c2cc(OC)ccc2OC)[C@]12C(=O)Nc1ccccc12. The number of carbonyl (C=O) groups excluding carboxylic acids is 3. The van der Waals surface area contributed by atoms with Crippen molar-refractivity contribution in [2.45, 2.75) is 24.4 Å². The minimum atomic E-state index is -1.37. The van der Waals surface area contributed by atoms with E-state index in [1.165, 1.54) is 21.1 Å². The van der Waals surface area contributed by atoms with E-state index >= 15 is 0 Å².